The van der Waals surface area contributed by atoms with Gasteiger partial charge in [-0.1, -0.05) is 35.2 Å². The third-order valence-corrected chi connectivity index (χ3v) is 7.83. The first-order chi connectivity index (χ1) is 11.3. The van der Waals surface area contributed by atoms with Crippen LogP contribution in [0.15, 0.2) is 67.0 Å². The number of fused-ring (bicyclic) bond motifs is 1. The number of nitrogens with zero attached hydrogens (tertiary/aromatic N) is 3. The molecule has 1 aliphatic rings. The highest BCUT2D eigenvalue weighted by Crippen LogP contribution is 2.40. The molecule has 116 valence electrons. The molecule has 0 bridgehead atoms. The van der Waals surface area contributed by atoms with Crippen LogP contribution in [0.1, 0.15) is 5.01 Å². The van der Waals surface area contributed by atoms with E-state index in [0.29, 0.717) is 0 Å². The molecule has 0 aliphatic carbocycles. The van der Waals surface area contributed by atoms with Crippen molar-refractivity contribution in [2.45, 2.75) is 21.1 Å². The number of nitrogens with one attached hydrogen (secondary N) is 1. The second-order valence-electron chi connectivity index (χ2n) is 4.71. The van der Waals surface area contributed by atoms with Gasteiger partial charge in [-0.3, -0.25) is 0 Å². The zero-order valence-corrected chi connectivity index (χ0v) is 15.4. The molecule has 2 heterocycles. The Bertz CT molecular complexity index is 873. The van der Waals surface area contributed by atoms with Crippen LogP contribution in [0, 0.1) is 6.92 Å². The molecule has 8 heteroatoms. The third kappa shape index (κ3) is 3.60. The quantitative estimate of drug-likeness (QED) is 0.611. The largest absolute Gasteiger partial charge is 0.312 e. The molecule has 0 amide bonds. The zero-order chi connectivity index (χ0) is 15.6. The molecular formula is C15H12N4S4. The van der Waals surface area contributed by atoms with Gasteiger partial charge in [-0.15, -0.1) is 10.2 Å². The van der Waals surface area contributed by atoms with Crippen molar-refractivity contribution in [1.82, 2.24) is 10.2 Å². The van der Waals surface area contributed by atoms with Gasteiger partial charge in [0.25, 0.3) is 0 Å². The Labute approximate surface area is 148 Å². The highest BCUT2D eigenvalue weighted by Gasteiger charge is 2.13. The average Bonchev–Trinajstić information content (AvgIpc) is 3.14. The first kappa shape index (κ1) is 15.2. The molecule has 1 aromatic heterocycles. The first-order valence-electron chi connectivity index (χ1n) is 6.84. The minimum atomic E-state index is -0.251. The van der Waals surface area contributed by atoms with Gasteiger partial charge in [-0.2, -0.15) is 4.36 Å². The van der Waals surface area contributed by atoms with Crippen molar-refractivity contribution in [3.05, 3.63) is 53.5 Å². The molecule has 4 rings (SSSR count). The van der Waals surface area contributed by atoms with Crippen molar-refractivity contribution >= 4 is 55.2 Å². The van der Waals surface area contributed by atoms with E-state index in [1.165, 1.54) is 4.90 Å². The molecule has 3 aromatic rings. The van der Waals surface area contributed by atoms with Gasteiger partial charge in [-0.05, 0) is 54.1 Å². The number of rotatable bonds is 4. The topological polar surface area (TPSA) is 50.2 Å². The molecule has 2 aromatic carbocycles. The van der Waals surface area contributed by atoms with Crippen LogP contribution in [0.3, 0.4) is 0 Å². The Morgan fingerprint density at radius 2 is 1.87 bits per heavy atom. The number of benzene rings is 2. The zero-order valence-electron chi connectivity index (χ0n) is 12.1. The molecule has 1 N–H and O–H groups in total. The lowest BCUT2D eigenvalue weighted by molar-refractivity contribution is 0.984. The van der Waals surface area contributed by atoms with Gasteiger partial charge in [0.15, 0.2) is 4.34 Å². The van der Waals surface area contributed by atoms with E-state index in [2.05, 4.69) is 57.4 Å². The number of aryl methyl sites for hydroxylation is 1. The van der Waals surface area contributed by atoms with E-state index < -0.39 is 0 Å². The molecule has 0 radical (unpaired) electrons. The summed E-state index contributed by atoms with van der Waals surface area (Å²) in [5.41, 5.74) is 2.15. The second kappa shape index (κ2) is 6.64. The normalized spacial score (nSPS) is 16.0. The standard InChI is InChI=1S/C15H12N4S4/c1-10-16-17-15(20-10)21-12-8-6-11(7-9-12)18-23-19-13-4-2-3-5-14(13)22-23/h2-9H,1H3,(H,18,19). The lowest BCUT2D eigenvalue weighted by Gasteiger charge is -2.06. The Hall–Kier alpha value is -1.35. The SMILES string of the molecule is Cc1nnc(Sc2ccc(NS3=Nc4ccccc4S3)cc2)s1. The minimum absolute atomic E-state index is 0.251. The second-order valence-corrected chi connectivity index (χ2v) is 10.1. The van der Waals surface area contributed by atoms with E-state index in [-0.39, 0.29) is 9.91 Å². The van der Waals surface area contributed by atoms with Gasteiger partial charge in [0, 0.05) is 15.5 Å². The summed E-state index contributed by atoms with van der Waals surface area (Å²) < 4.78 is 9.14. The van der Waals surface area contributed by atoms with Gasteiger partial charge in [0.05, 0.1) is 15.6 Å². The number of hydrogen-bond donors (Lipinski definition) is 1. The van der Waals surface area contributed by atoms with Crippen LogP contribution in [0.2, 0.25) is 0 Å². The summed E-state index contributed by atoms with van der Waals surface area (Å²) in [4.78, 5) is 2.40. The van der Waals surface area contributed by atoms with Gasteiger partial charge >= 0.3 is 0 Å². The summed E-state index contributed by atoms with van der Waals surface area (Å²) in [7, 11) is 1.52. The summed E-state index contributed by atoms with van der Waals surface area (Å²) in [6.07, 6.45) is 0. The Kier molecular flexibility index (Phi) is 4.39. The van der Waals surface area contributed by atoms with Gasteiger partial charge in [-0.25, -0.2) is 0 Å². The number of anilines is 1. The molecular weight excluding hydrogens is 364 g/mol. The first-order valence-corrected chi connectivity index (χ1v) is 11.0. The molecule has 1 aliphatic heterocycles. The number of aromatic nitrogens is 2. The summed E-state index contributed by atoms with van der Waals surface area (Å²) in [5, 5.41) is 9.17. The van der Waals surface area contributed by atoms with Crippen LogP contribution < -0.4 is 4.72 Å². The lowest BCUT2D eigenvalue weighted by atomic mass is 10.3. The summed E-state index contributed by atoms with van der Waals surface area (Å²) in [6, 6.07) is 16.6. The van der Waals surface area contributed by atoms with Crippen molar-refractivity contribution < 1.29 is 0 Å². The predicted octanol–water partition coefficient (Wildman–Crippen LogP) is 5.48. The summed E-state index contributed by atoms with van der Waals surface area (Å²) >= 11 is 3.25. The Balaban J connectivity index is 1.43. The van der Waals surface area contributed by atoms with E-state index in [1.54, 1.807) is 33.9 Å². The molecule has 1 atom stereocenters. The van der Waals surface area contributed by atoms with E-state index in [9.17, 15) is 0 Å². The maximum Gasteiger partial charge on any atom is 0.179 e. The third-order valence-electron chi connectivity index (χ3n) is 2.99. The van der Waals surface area contributed by atoms with Crippen molar-refractivity contribution in [3.63, 3.8) is 0 Å². The summed E-state index contributed by atoms with van der Waals surface area (Å²) in [6.45, 7) is 1.97. The monoisotopic (exact) mass is 376 g/mol. The van der Waals surface area contributed by atoms with Gasteiger partial charge in [0.2, 0.25) is 0 Å². The van der Waals surface area contributed by atoms with E-state index in [1.807, 2.05) is 13.0 Å². The fourth-order valence-electron chi connectivity index (χ4n) is 1.95. The maximum absolute atomic E-state index is 4.70. The van der Waals surface area contributed by atoms with Crippen molar-refractivity contribution in [3.8, 4) is 0 Å². The average molecular weight is 377 g/mol. The Morgan fingerprint density at radius 1 is 1.04 bits per heavy atom. The van der Waals surface area contributed by atoms with Crippen molar-refractivity contribution in [1.29, 1.82) is 0 Å². The van der Waals surface area contributed by atoms with Gasteiger partial charge in [0.1, 0.15) is 5.01 Å². The van der Waals surface area contributed by atoms with Crippen molar-refractivity contribution in [2.24, 2.45) is 4.36 Å². The molecule has 1 unspecified atom stereocenters. The molecule has 0 fully saturated rings. The lowest BCUT2D eigenvalue weighted by Crippen LogP contribution is -1.96. The van der Waals surface area contributed by atoms with E-state index in [0.717, 1.165) is 25.6 Å². The summed E-state index contributed by atoms with van der Waals surface area (Å²) in [5.74, 6) is 0. The smallest absolute Gasteiger partial charge is 0.179 e. The van der Waals surface area contributed by atoms with Crippen LogP contribution >= 0.6 is 33.9 Å². The maximum atomic E-state index is 4.70. The fraction of sp³-hybridized carbons (Fsp3) is 0.0667. The van der Waals surface area contributed by atoms with Gasteiger partial charge < -0.3 is 4.72 Å². The van der Waals surface area contributed by atoms with Crippen LogP contribution in [0.4, 0.5) is 11.4 Å². The van der Waals surface area contributed by atoms with Crippen LogP contribution in [0.5, 0.6) is 0 Å². The molecule has 0 spiro atoms. The van der Waals surface area contributed by atoms with Crippen LogP contribution in [-0.4, -0.2) is 10.2 Å². The highest BCUT2D eigenvalue weighted by atomic mass is 33.1. The fourth-order valence-corrected chi connectivity index (χ4v) is 6.80. The number of hydrogen-bond acceptors (Lipinski definition) is 7. The van der Waals surface area contributed by atoms with Crippen LogP contribution in [0.25, 0.3) is 0 Å². The molecule has 0 saturated heterocycles. The molecule has 4 nitrogen and oxygen atoms in total. The molecule has 23 heavy (non-hydrogen) atoms. The van der Waals surface area contributed by atoms with E-state index >= 15 is 0 Å². The Morgan fingerprint density at radius 3 is 2.61 bits per heavy atom. The minimum Gasteiger partial charge on any atom is -0.312 e. The van der Waals surface area contributed by atoms with E-state index in [4.69, 9.17) is 4.36 Å². The highest BCUT2D eigenvalue weighted by molar-refractivity contribution is 8.70. The molecule has 0 saturated carbocycles. The van der Waals surface area contributed by atoms with Crippen LogP contribution in [-0.2, 0) is 9.91 Å². The predicted molar refractivity (Wildman–Crippen MR) is 101 cm³/mol. The van der Waals surface area contributed by atoms with Crippen molar-refractivity contribution in [2.75, 3.05) is 4.72 Å².